The molecule has 0 unspecified atom stereocenters. The van der Waals surface area contributed by atoms with Crippen molar-refractivity contribution in [3.8, 4) is 11.6 Å². The van der Waals surface area contributed by atoms with Crippen LogP contribution in [0.5, 0.6) is 11.6 Å². The van der Waals surface area contributed by atoms with E-state index < -0.39 is 21.9 Å². The van der Waals surface area contributed by atoms with Crippen molar-refractivity contribution in [1.82, 2.24) is 14.9 Å². The largest absolute Gasteiger partial charge is 0.438 e. The van der Waals surface area contributed by atoms with Crippen molar-refractivity contribution in [2.45, 2.75) is 37.6 Å². The number of halogens is 3. The van der Waals surface area contributed by atoms with Crippen LogP contribution in [0.25, 0.3) is 0 Å². The molecule has 1 amide bonds. The molecule has 0 radical (unpaired) electrons. The first-order valence-electron chi connectivity index (χ1n) is 13.6. The summed E-state index contributed by atoms with van der Waals surface area (Å²) in [5, 5.41) is 0. The molecule has 5 rings (SSSR count). The van der Waals surface area contributed by atoms with Gasteiger partial charge in [-0.3, -0.25) is 9.52 Å². The number of carbonyl (C=O) groups excluding carboxylic acids is 1. The monoisotopic (exact) mass is 610 g/mol. The number of ether oxygens (including phenoxy) is 1. The summed E-state index contributed by atoms with van der Waals surface area (Å²) < 4.78 is 71.7. The topological polar surface area (TPSA) is 101 Å². The van der Waals surface area contributed by atoms with E-state index in [0.29, 0.717) is 47.4 Å². The third-order valence-corrected chi connectivity index (χ3v) is 8.47. The molecule has 4 aromatic rings. The van der Waals surface area contributed by atoms with Gasteiger partial charge in [0.15, 0.2) is 5.69 Å². The molecule has 0 atom stereocenters. The molecule has 1 aliphatic rings. The van der Waals surface area contributed by atoms with Gasteiger partial charge in [-0.2, -0.15) is 13.2 Å². The van der Waals surface area contributed by atoms with Crippen LogP contribution in [0.15, 0.2) is 85.2 Å². The zero-order valence-electron chi connectivity index (χ0n) is 23.2. The van der Waals surface area contributed by atoms with Gasteiger partial charge in [-0.15, -0.1) is 0 Å². The maximum Gasteiger partial charge on any atom is 0.434 e. The summed E-state index contributed by atoms with van der Waals surface area (Å²) in [6.07, 6.45) is -1.54. The summed E-state index contributed by atoms with van der Waals surface area (Å²) >= 11 is 0. The summed E-state index contributed by atoms with van der Waals surface area (Å²) in [5.74, 6) is 0.247. The zero-order valence-corrected chi connectivity index (χ0v) is 24.0. The third kappa shape index (κ3) is 7.69. The number of anilines is 1. The molecule has 1 N–H and O–H groups in total. The van der Waals surface area contributed by atoms with Gasteiger partial charge in [0.1, 0.15) is 5.75 Å². The minimum Gasteiger partial charge on any atom is -0.438 e. The van der Waals surface area contributed by atoms with Crippen LogP contribution in [0.2, 0.25) is 0 Å². The lowest BCUT2D eigenvalue weighted by Gasteiger charge is -2.32. The van der Waals surface area contributed by atoms with Crippen molar-refractivity contribution in [3.05, 3.63) is 113 Å². The Morgan fingerprint density at radius 3 is 2.30 bits per heavy atom. The summed E-state index contributed by atoms with van der Waals surface area (Å²) in [6.45, 7) is 2.85. The first-order valence-corrected chi connectivity index (χ1v) is 15.2. The fraction of sp³-hybridized carbons (Fsp3) is 0.258. The predicted octanol–water partition coefficient (Wildman–Crippen LogP) is 6.56. The lowest BCUT2D eigenvalue weighted by Crippen LogP contribution is -2.38. The molecule has 0 bridgehead atoms. The highest BCUT2D eigenvalue weighted by Crippen LogP contribution is 2.32. The van der Waals surface area contributed by atoms with Crippen LogP contribution in [0.3, 0.4) is 0 Å². The number of alkyl halides is 3. The van der Waals surface area contributed by atoms with E-state index in [4.69, 9.17) is 4.74 Å². The molecule has 8 nitrogen and oxygen atoms in total. The van der Waals surface area contributed by atoms with E-state index in [1.54, 1.807) is 66.4 Å². The van der Waals surface area contributed by atoms with Crippen molar-refractivity contribution in [1.29, 1.82) is 0 Å². The Bertz CT molecular complexity index is 1670. The molecule has 0 aliphatic carbocycles. The van der Waals surface area contributed by atoms with Crippen molar-refractivity contribution in [2.24, 2.45) is 0 Å². The second-order valence-corrected chi connectivity index (χ2v) is 12.1. The van der Waals surface area contributed by atoms with Gasteiger partial charge >= 0.3 is 6.18 Å². The lowest BCUT2D eigenvalue weighted by molar-refractivity contribution is -0.141. The Kier molecular flexibility index (Phi) is 8.67. The van der Waals surface area contributed by atoms with Crippen molar-refractivity contribution < 1.29 is 31.1 Å². The average Bonchev–Trinajstić information content (AvgIpc) is 2.98. The number of hydrogen-bond acceptors (Lipinski definition) is 6. The second-order valence-electron chi connectivity index (χ2n) is 10.4. The second kappa shape index (κ2) is 12.4. The number of sulfonamides is 1. The van der Waals surface area contributed by atoms with Crippen molar-refractivity contribution >= 4 is 21.6 Å². The van der Waals surface area contributed by atoms with Gasteiger partial charge in [0.2, 0.25) is 15.9 Å². The molecule has 1 fully saturated rings. The van der Waals surface area contributed by atoms with E-state index in [0.717, 1.165) is 24.6 Å². The predicted molar refractivity (Wildman–Crippen MR) is 155 cm³/mol. The van der Waals surface area contributed by atoms with Gasteiger partial charge in [-0.05, 0) is 66.6 Å². The summed E-state index contributed by atoms with van der Waals surface area (Å²) in [7, 11) is -3.67. The van der Waals surface area contributed by atoms with E-state index in [2.05, 4.69) is 14.7 Å². The Morgan fingerprint density at radius 2 is 1.67 bits per heavy atom. The summed E-state index contributed by atoms with van der Waals surface area (Å²) in [5.41, 5.74) is 2.13. The Morgan fingerprint density at radius 1 is 0.977 bits per heavy atom. The Labute approximate surface area is 247 Å². The fourth-order valence-corrected chi connectivity index (χ4v) is 6.16. The van der Waals surface area contributed by atoms with Crippen LogP contribution in [-0.2, 0) is 22.0 Å². The first kappa shape index (κ1) is 30.0. The van der Waals surface area contributed by atoms with E-state index in [1.807, 2.05) is 18.2 Å². The van der Waals surface area contributed by atoms with Crippen LogP contribution in [0.1, 0.15) is 51.5 Å². The highest BCUT2D eigenvalue weighted by Gasteiger charge is 2.33. The fourth-order valence-electron chi connectivity index (χ4n) is 4.90. The summed E-state index contributed by atoms with van der Waals surface area (Å²) in [4.78, 5) is 22.1. The molecule has 2 heterocycles. The van der Waals surface area contributed by atoms with Gasteiger partial charge in [0.25, 0.3) is 5.91 Å². The highest BCUT2D eigenvalue weighted by atomic mass is 32.2. The minimum atomic E-state index is -4.57. The Hall–Kier alpha value is -4.45. The number of rotatable bonds is 8. The van der Waals surface area contributed by atoms with Crippen molar-refractivity contribution in [2.75, 3.05) is 17.8 Å². The van der Waals surface area contributed by atoms with Crippen LogP contribution in [0, 0.1) is 6.92 Å². The lowest BCUT2D eigenvalue weighted by atomic mass is 9.89. The molecular weight excluding hydrogens is 581 g/mol. The van der Waals surface area contributed by atoms with Gasteiger partial charge in [0.05, 0.1) is 23.8 Å². The van der Waals surface area contributed by atoms with Gasteiger partial charge in [0, 0.05) is 18.7 Å². The van der Waals surface area contributed by atoms with Crippen LogP contribution in [-0.4, -0.2) is 42.3 Å². The van der Waals surface area contributed by atoms with Gasteiger partial charge < -0.3 is 9.64 Å². The van der Waals surface area contributed by atoms with Crippen molar-refractivity contribution in [3.63, 3.8) is 0 Å². The number of nitrogens with one attached hydrogen (secondary N) is 1. The number of piperidine rings is 1. The van der Waals surface area contributed by atoms with Crippen LogP contribution < -0.4 is 9.46 Å². The molecule has 3 aromatic carbocycles. The molecule has 1 saturated heterocycles. The zero-order chi connectivity index (χ0) is 30.6. The smallest absolute Gasteiger partial charge is 0.434 e. The standard InChI is InChI=1S/C31H29F3N4O4S/c1-21-7-8-25(17-27(21)37-43(40,41)20-22-5-3-2-4-6-22)30(39)38-15-13-24(14-16-38)23-9-11-26(12-10-23)42-29-19-35-28(18-36-29)31(32,33)34/h2-12,17-19,24,37H,13-16,20H2,1H3. The van der Waals surface area contributed by atoms with Gasteiger partial charge in [-0.1, -0.05) is 48.5 Å². The van der Waals surface area contributed by atoms with Crippen LogP contribution >= 0.6 is 0 Å². The maximum absolute atomic E-state index is 13.3. The number of likely N-dealkylation sites (tertiary alicyclic amines) is 1. The molecule has 1 aromatic heterocycles. The van der Waals surface area contributed by atoms with E-state index >= 15 is 0 Å². The van der Waals surface area contributed by atoms with E-state index in [1.165, 1.54) is 0 Å². The number of amides is 1. The van der Waals surface area contributed by atoms with E-state index in [9.17, 15) is 26.4 Å². The number of hydrogen-bond donors (Lipinski definition) is 1. The first-order chi connectivity index (χ1) is 20.5. The third-order valence-electron chi connectivity index (χ3n) is 7.22. The molecular formula is C31H29F3N4O4S. The molecule has 0 saturated carbocycles. The number of benzene rings is 3. The molecule has 0 spiro atoms. The van der Waals surface area contributed by atoms with Crippen LogP contribution in [0.4, 0.5) is 18.9 Å². The molecule has 1 aliphatic heterocycles. The number of aryl methyl sites for hydroxylation is 1. The minimum absolute atomic E-state index is 0.0455. The maximum atomic E-state index is 13.3. The highest BCUT2D eigenvalue weighted by molar-refractivity contribution is 7.91. The average molecular weight is 611 g/mol. The Balaban J connectivity index is 1.17. The summed E-state index contributed by atoms with van der Waals surface area (Å²) in [6, 6.07) is 21.1. The number of aromatic nitrogens is 2. The molecule has 224 valence electrons. The van der Waals surface area contributed by atoms with Gasteiger partial charge in [-0.25, -0.2) is 18.4 Å². The quantitative estimate of drug-likeness (QED) is 0.243. The number of nitrogens with zero attached hydrogens (tertiary/aromatic N) is 3. The molecule has 12 heteroatoms. The normalized spacial score (nSPS) is 14.4. The van der Waals surface area contributed by atoms with E-state index in [-0.39, 0.29) is 23.5 Å². The SMILES string of the molecule is Cc1ccc(C(=O)N2CCC(c3ccc(Oc4cnc(C(F)(F)F)cn4)cc3)CC2)cc1NS(=O)(=O)Cc1ccccc1. The molecule has 43 heavy (non-hydrogen) atoms. The number of carbonyl (C=O) groups is 1.